The van der Waals surface area contributed by atoms with Crippen molar-refractivity contribution in [3.8, 4) is 22.3 Å². The van der Waals surface area contributed by atoms with Crippen molar-refractivity contribution in [2.24, 2.45) is 0 Å². The van der Waals surface area contributed by atoms with E-state index in [2.05, 4.69) is 206 Å². The molecule has 2 unspecified atom stereocenters. The Bertz CT molecular complexity index is 3220. The van der Waals surface area contributed by atoms with Crippen LogP contribution in [0.3, 0.4) is 0 Å². The molecule has 2 nitrogen and oxygen atoms in total. The van der Waals surface area contributed by atoms with Gasteiger partial charge in [-0.1, -0.05) is 142 Å². The fourth-order valence-corrected chi connectivity index (χ4v) is 16.0. The van der Waals surface area contributed by atoms with Crippen LogP contribution >= 0.6 is 11.3 Å². The van der Waals surface area contributed by atoms with E-state index in [1.807, 2.05) is 0 Å². The number of hydrogen-bond acceptors (Lipinski definition) is 3. The fourth-order valence-electron chi connectivity index (χ4n) is 14.6. The monoisotopic (exact) mass is 880 g/mol. The van der Waals surface area contributed by atoms with Crippen molar-refractivity contribution in [1.29, 1.82) is 0 Å². The predicted molar refractivity (Wildman–Crippen MR) is 285 cm³/mol. The van der Waals surface area contributed by atoms with Gasteiger partial charge in [-0.2, -0.15) is 0 Å². The molecule has 3 aliphatic heterocycles. The number of anilines is 5. The smallest absolute Gasteiger partial charge is 0.260 e. The van der Waals surface area contributed by atoms with Gasteiger partial charge in [0.2, 0.25) is 0 Å². The molecule has 6 aromatic carbocycles. The third-order valence-corrected chi connectivity index (χ3v) is 20.2. The summed E-state index contributed by atoms with van der Waals surface area (Å²) >= 11 is 2.08. The lowest BCUT2D eigenvalue weighted by Gasteiger charge is -2.50. The van der Waals surface area contributed by atoms with E-state index < -0.39 is 0 Å². The van der Waals surface area contributed by atoms with Gasteiger partial charge >= 0.3 is 0 Å². The highest BCUT2D eigenvalue weighted by Gasteiger charge is 2.58. The van der Waals surface area contributed by atoms with E-state index in [1.54, 1.807) is 11.1 Å². The largest absolute Gasteiger partial charge is 0.334 e. The third-order valence-electron chi connectivity index (χ3n) is 18.9. The topological polar surface area (TPSA) is 6.48 Å². The molecule has 0 N–H and O–H groups in total. The molecule has 66 heavy (non-hydrogen) atoms. The predicted octanol–water partition coefficient (Wildman–Crippen LogP) is 15.3. The number of rotatable bonds is 3. The van der Waals surface area contributed by atoms with E-state index in [4.69, 9.17) is 0 Å². The molecule has 1 aromatic heterocycles. The van der Waals surface area contributed by atoms with Crippen molar-refractivity contribution in [3.05, 3.63) is 143 Å². The third kappa shape index (κ3) is 5.32. The van der Waals surface area contributed by atoms with E-state index in [9.17, 15) is 0 Å². The second-order valence-electron chi connectivity index (χ2n) is 24.5. The molecule has 13 rings (SSSR count). The number of benzene rings is 6. The lowest BCUT2D eigenvalue weighted by Crippen LogP contribution is -2.55. The minimum atomic E-state index is -0.0594. The van der Waals surface area contributed by atoms with Gasteiger partial charge in [-0.15, -0.1) is 11.3 Å². The molecule has 7 aromatic rings. The van der Waals surface area contributed by atoms with Crippen LogP contribution in [0.2, 0.25) is 0 Å². The molecular formula is C62H65BN2S. The Balaban J connectivity index is 1.16. The van der Waals surface area contributed by atoms with Crippen molar-refractivity contribution in [3.63, 3.8) is 0 Å². The molecule has 332 valence electrons. The SMILES string of the molecule is CC1(C)CCC(C)(C)c2cc(N3c4ccccc4B4c5sc6cc7c(cc6c5-c5cc(N6c8ccccc8C8(C)CCCCC68C)cc3c54)C(C)(C)CCC7(C)C)c(-c3ccccc3)cc21. The molecule has 4 heteroatoms. The van der Waals surface area contributed by atoms with Crippen LogP contribution in [0, 0.1) is 0 Å². The standard InChI is InChI=1S/C62H65BN2S/c1-57(2)28-30-59(5,6)46-36-51(40(34-44(46)57)38-20-12-11-13-21-38)64-50-25-17-15-23-48(50)63-55-42(54-41-35-45-47(37-53(41)66-56(54)63)60(7,8)31-29-58(45,3)4)32-39(33-52(55)64)65-49-24-16-14-22-43(49)61(9)26-18-19-27-62(61,65)10/h11-17,20-25,32-37H,18-19,26-31H2,1-10H3. The molecule has 0 spiro atoms. The summed E-state index contributed by atoms with van der Waals surface area (Å²) in [6, 6.07) is 46.1. The van der Waals surface area contributed by atoms with Crippen molar-refractivity contribution in [2.45, 2.75) is 153 Å². The van der Waals surface area contributed by atoms with Crippen molar-refractivity contribution in [2.75, 3.05) is 9.80 Å². The van der Waals surface area contributed by atoms with Gasteiger partial charge in [0.15, 0.2) is 0 Å². The normalized spacial score (nSPS) is 24.2. The average molecular weight is 881 g/mol. The minimum absolute atomic E-state index is 0.0559. The summed E-state index contributed by atoms with van der Waals surface area (Å²) in [5, 5.41) is 1.45. The molecule has 1 fully saturated rings. The van der Waals surface area contributed by atoms with Crippen LogP contribution in [0.1, 0.15) is 148 Å². The van der Waals surface area contributed by atoms with Gasteiger partial charge in [0.1, 0.15) is 0 Å². The van der Waals surface area contributed by atoms with Gasteiger partial charge < -0.3 is 9.80 Å². The second-order valence-corrected chi connectivity index (χ2v) is 25.6. The van der Waals surface area contributed by atoms with Crippen LogP contribution in [-0.2, 0) is 27.1 Å². The molecule has 2 atom stereocenters. The Morgan fingerprint density at radius 3 is 1.79 bits per heavy atom. The summed E-state index contributed by atoms with van der Waals surface area (Å²) in [5.41, 5.74) is 23.2. The molecular weight excluding hydrogens is 816 g/mol. The van der Waals surface area contributed by atoms with Gasteiger partial charge in [-0.3, -0.25) is 0 Å². The molecule has 0 radical (unpaired) electrons. The van der Waals surface area contributed by atoms with Crippen molar-refractivity contribution < 1.29 is 0 Å². The summed E-state index contributed by atoms with van der Waals surface area (Å²) < 4.78 is 2.97. The lowest BCUT2D eigenvalue weighted by atomic mass is 9.39. The summed E-state index contributed by atoms with van der Waals surface area (Å²) in [5.74, 6) is 0. The van der Waals surface area contributed by atoms with E-state index in [-0.39, 0.29) is 39.3 Å². The highest BCUT2D eigenvalue weighted by Crippen LogP contribution is 2.62. The molecule has 0 saturated heterocycles. The molecule has 0 bridgehead atoms. The molecule has 1 saturated carbocycles. The molecule has 6 aliphatic rings. The van der Waals surface area contributed by atoms with E-state index in [0.717, 1.165) is 0 Å². The van der Waals surface area contributed by atoms with E-state index >= 15 is 0 Å². The summed E-state index contributed by atoms with van der Waals surface area (Å²) in [6.07, 6.45) is 9.74. The van der Waals surface area contributed by atoms with Crippen molar-refractivity contribution >= 4 is 72.3 Å². The number of fused-ring (bicyclic) bond motifs is 12. The van der Waals surface area contributed by atoms with E-state index in [1.165, 1.54) is 145 Å². The Kier molecular flexibility index (Phi) is 8.32. The van der Waals surface area contributed by atoms with Gasteiger partial charge in [-0.05, 0) is 176 Å². The van der Waals surface area contributed by atoms with Crippen LogP contribution in [0.25, 0.3) is 32.3 Å². The van der Waals surface area contributed by atoms with Crippen LogP contribution < -0.4 is 25.5 Å². The first-order valence-electron chi connectivity index (χ1n) is 25.3. The first kappa shape index (κ1) is 41.2. The Labute approximate surface area is 398 Å². The number of thiophene rings is 1. The second kappa shape index (κ2) is 13.3. The maximum absolute atomic E-state index is 2.84. The zero-order chi connectivity index (χ0) is 45.5. The molecule has 4 heterocycles. The van der Waals surface area contributed by atoms with Crippen LogP contribution in [-0.4, -0.2) is 12.3 Å². The number of para-hydroxylation sites is 2. The molecule has 0 amide bonds. The van der Waals surface area contributed by atoms with Gasteiger partial charge in [0.05, 0.1) is 11.2 Å². The summed E-state index contributed by atoms with van der Waals surface area (Å²) in [6.45, 7) is 25.2. The highest BCUT2D eigenvalue weighted by atomic mass is 32.1. The van der Waals surface area contributed by atoms with Crippen LogP contribution in [0.5, 0.6) is 0 Å². The Morgan fingerprint density at radius 2 is 1.08 bits per heavy atom. The molecule has 3 aliphatic carbocycles. The van der Waals surface area contributed by atoms with Crippen LogP contribution in [0.4, 0.5) is 28.4 Å². The van der Waals surface area contributed by atoms with Crippen LogP contribution in [0.15, 0.2) is 115 Å². The van der Waals surface area contributed by atoms with Gasteiger partial charge in [-0.25, -0.2) is 0 Å². The van der Waals surface area contributed by atoms with Gasteiger partial charge in [0, 0.05) is 43.8 Å². The number of hydrogen-bond donors (Lipinski definition) is 0. The Hall–Kier alpha value is -5.06. The summed E-state index contributed by atoms with van der Waals surface area (Å²) in [4.78, 5) is 5.58. The highest BCUT2D eigenvalue weighted by molar-refractivity contribution is 7.34. The minimum Gasteiger partial charge on any atom is -0.334 e. The maximum Gasteiger partial charge on any atom is 0.260 e. The zero-order valence-corrected chi connectivity index (χ0v) is 41.8. The first-order valence-corrected chi connectivity index (χ1v) is 26.1. The van der Waals surface area contributed by atoms with Crippen molar-refractivity contribution in [1.82, 2.24) is 0 Å². The quantitative estimate of drug-likeness (QED) is 0.163. The fraction of sp³-hybridized carbons (Fsp3) is 0.387. The lowest BCUT2D eigenvalue weighted by molar-refractivity contribution is 0.195. The van der Waals surface area contributed by atoms with Gasteiger partial charge in [0.25, 0.3) is 6.71 Å². The zero-order valence-electron chi connectivity index (χ0n) is 41.0. The average Bonchev–Trinajstić information content (AvgIpc) is 3.90. The number of nitrogens with zero attached hydrogens (tertiary/aromatic N) is 2. The summed E-state index contributed by atoms with van der Waals surface area (Å²) in [7, 11) is 0. The van der Waals surface area contributed by atoms with E-state index in [0.29, 0.717) is 0 Å². The maximum atomic E-state index is 2.84. The first-order chi connectivity index (χ1) is 31.4. The Morgan fingerprint density at radius 1 is 0.485 bits per heavy atom.